The number of ether oxygens (including phenoxy) is 1. The molecule has 4 nitrogen and oxygen atoms in total. The summed E-state index contributed by atoms with van der Waals surface area (Å²) in [5.74, 6) is -1.69. The van der Waals surface area contributed by atoms with Crippen molar-refractivity contribution in [1.82, 2.24) is 0 Å². The van der Waals surface area contributed by atoms with E-state index in [-0.39, 0.29) is 6.42 Å². The average Bonchev–Trinajstić information content (AvgIpc) is 2.91. The van der Waals surface area contributed by atoms with E-state index in [4.69, 9.17) is 4.74 Å². The second-order valence-electron chi connectivity index (χ2n) is 7.01. The second kappa shape index (κ2) is 5.98. The molecular formula is C16H26O4. The van der Waals surface area contributed by atoms with Gasteiger partial charge >= 0.3 is 11.9 Å². The summed E-state index contributed by atoms with van der Waals surface area (Å²) in [7, 11) is 0. The van der Waals surface area contributed by atoms with Gasteiger partial charge in [0.05, 0.1) is 12.3 Å². The van der Waals surface area contributed by atoms with Gasteiger partial charge in [-0.3, -0.25) is 9.59 Å². The number of carbonyl (C=O) groups excluding carboxylic acids is 1. The monoisotopic (exact) mass is 282 g/mol. The van der Waals surface area contributed by atoms with Crippen molar-refractivity contribution in [3.63, 3.8) is 0 Å². The summed E-state index contributed by atoms with van der Waals surface area (Å²) in [5, 5.41) is 9.22. The lowest BCUT2D eigenvalue weighted by atomic mass is 9.79. The first-order valence-corrected chi connectivity index (χ1v) is 7.15. The van der Waals surface area contributed by atoms with Gasteiger partial charge in [0.2, 0.25) is 0 Å². The number of aliphatic carboxylic acids is 1. The van der Waals surface area contributed by atoms with Gasteiger partial charge in [0.1, 0.15) is 5.60 Å². The topological polar surface area (TPSA) is 63.6 Å². The van der Waals surface area contributed by atoms with E-state index in [1.54, 1.807) is 0 Å². The van der Waals surface area contributed by atoms with Crippen LogP contribution in [-0.2, 0) is 14.3 Å². The standard InChI is InChI=1S/C16H26O4/c1-6-7-8-11-10-16(11,5)20-13(17)9-12(14(18)19)15(2,3)4/h6,11-12H,1,7-10H2,2-5H3,(H,18,19). The summed E-state index contributed by atoms with van der Waals surface area (Å²) < 4.78 is 5.50. The van der Waals surface area contributed by atoms with Gasteiger partial charge in [0, 0.05) is 5.92 Å². The maximum atomic E-state index is 12.0. The molecule has 3 atom stereocenters. The molecule has 20 heavy (non-hydrogen) atoms. The summed E-state index contributed by atoms with van der Waals surface area (Å²) in [6.07, 6.45) is 4.54. The van der Waals surface area contributed by atoms with Crippen molar-refractivity contribution < 1.29 is 19.4 Å². The molecule has 0 amide bonds. The minimum Gasteiger partial charge on any atom is -0.481 e. The third kappa shape index (κ3) is 4.36. The number of carboxylic acids is 1. The minimum atomic E-state index is -0.946. The average molecular weight is 282 g/mol. The van der Waals surface area contributed by atoms with Gasteiger partial charge in [-0.2, -0.15) is 0 Å². The van der Waals surface area contributed by atoms with Crippen LogP contribution in [0.4, 0.5) is 0 Å². The lowest BCUT2D eigenvalue weighted by molar-refractivity contribution is -0.159. The smallest absolute Gasteiger partial charge is 0.307 e. The number of carbonyl (C=O) groups is 2. The largest absolute Gasteiger partial charge is 0.481 e. The first kappa shape index (κ1) is 16.7. The van der Waals surface area contributed by atoms with Crippen molar-refractivity contribution >= 4 is 11.9 Å². The van der Waals surface area contributed by atoms with Crippen molar-refractivity contribution in [2.24, 2.45) is 17.3 Å². The molecule has 4 heteroatoms. The first-order chi connectivity index (χ1) is 9.10. The van der Waals surface area contributed by atoms with Crippen LogP contribution in [0.5, 0.6) is 0 Å². The third-order valence-corrected chi connectivity index (χ3v) is 4.14. The quantitative estimate of drug-likeness (QED) is 0.574. The van der Waals surface area contributed by atoms with Gasteiger partial charge < -0.3 is 9.84 Å². The molecule has 0 aromatic carbocycles. The van der Waals surface area contributed by atoms with Gasteiger partial charge in [0.15, 0.2) is 0 Å². The van der Waals surface area contributed by atoms with Crippen LogP contribution in [0.1, 0.15) is 53.4 Å². The third-order valence-electron chi connectivity index (χ3n) is 4.14. The Kier molecular flexibility index (Phi) is 5.00. The van der Waals surface area contributed by atoms with Crippen LogP contribution in [0.15, 0.2) is 12.7 Å². The highest BCUT2D eigenvalue weighted by atomic mass is 16.6. The molecule has 114 valence electrons. The highest BCUT2D eigenvalue weighted by Gasteiger charge is 2.53. The molecule has 1 aliphatic carbocycles. The van der Waals surface area contributed by atoms with E-state index in [0.29, 0.717) is 5.92 Å². The summed E-state index contributed by atoms with van der Waals surface area (Å²) in [4.78, 5) is 23.2. The predicted octanol–water partition coefficient (Wildman–Crippen LogP) is 3.41. The molecule has 0 aromatic rings. The Bertz CT molecular complexity index is 394. The number of hydrogen-bond acceptors (Lipinski definition) is 3. The van der Waals surface area contributed by atoms with E-state index >= 15 is 0 Å². The molecule has 0 spiro atoms. The highest BCUT2D eigenvalue weighted by Crippen LogP contribution is 2.49. The first-order valence-electron chi connectivity index (χ1n) is 7.15. The Balaban J connectivity index is 2.52. The SMILES string of the molecule is C=CCCC1CC1(C)OC(=O)CC(C(=O)O)C(C)(C)C. The van der Waals surface area contributed by atoms with E-state index in [9.17, 15) is 14.7 Å². The van der Waals surface area contributed by atoms with Crippen LogP contribution in [0.2, 0.25) is 0 Å². The highest BCUT2D eigenvalue weighted by molar-refractivity contribution is 5.79. The molecule has 1 fully saturated rings. The predicted molar refractivity (Wildman–Crippen MR) is 77.2 cm³/mol. The van der Waals surface area contributed by atoms with Crippen molar-refractivity contribution in [1.29, 1.82) is 0 Å². The van der Waals surface area contributed by atoms with Gasteiger partial charge in [0.25, 0.3) is 0 Å². The van der Waals surface area contributed by atoms with Crippen LogP contribution in [0.3, 0.4) is 0 Å². The van der Waals surface area contributed by atoms with E-state index in [1.807, 2.05) is 33.8 Å². The molecule has 0 saturated heterocycles. The van der Waals surface area contributed by atoms with E-state index in [0.717, 1.165) is 19.3 Å². The molecular weight excluding hydrogens is 256 g/mol. The van der Waals surface area contributed by atoms with Crippen molar-refractivity contribution in [3.8, 4) is 0 Å². The van der Waals surface area contributed by atoms with Crippen LogP contribution in [0, 0.1) is 17.3 Å². The Morgan fingerprint density at radius 3 is 2.55 bits per heavy atom. The van der Waals surface area contributed by atoms with E-state index in [1.165, 1.54) is 0 Å². The molecule has 1 N–H and O–H groups in total. The molecule has 1 rings (SSSR count). The fraction of sp³-hybridized carbons (Fsp3) is 0.750. The van der Waals surface area contributed by atoms with Gasteiger partial charge in [-0.1, -0.05) is 26.8 Å². The number of allylic oxidation sites excluding steroid dienone is 1. The molecule has 1 saturated carbocycles. The van der Waals surface area contributed by atoms with Crippen molar-refractivity contribution in [2.45, 2.75) is 59.0 Å². The number of hydrogen-bond donors (Lipinski definition) is 1. The zero-order chi connectivity index (χ0) is 15.6. The molecule has 0 heterocycles. The fourth-order valence-corrected chi connectivity index (χ4v) is 2.51. The lowest BCUT2D eigenvalue weighted by Crippen LogP contribution is -2.32. The fourth-order valence-electron chi connectivity index (χ4n) is 2.51. The summed E-state index contributed by atoms with van der Waals surface area (Å²) in [6.45, 7) is 11.1. The van der Waals surface area contributed by atoms with Gasteiger partial charge in [-0.25, -0.2) is 0 Å². The van der Waals surface area contributed by atoms with Crippen LogP contribution in [-0.4, -0.2) is 22.6 Å². The molecule has 1 aliphatic rings. The normalized spacial score (nSPS) is 26.7. The van der Waals surface area contributed by atoms with Gasteiger partial charge in [-0.15, -0.1) is 6.58 Å². The number of carboxylic acid groups (broad SMARTS) is 1. The van der Waals surface area contributed by atoms with Crippen molar-refractivity contribution in [3.05, 3.63) is 12.7 Å². The molecule has 0 bridgehead atoms. The molecule has 0 radical (unpaired) electrons. The Morgan fingerprint density at radius 1 is 1.50 bits per heavy atom. The number of rotatable bonds is 7. The zero-order valence-corrected chi connectivity index (χ0v) is 12.9. The Hall–Kier alpha value is -1.32. The minimum absolute atomic E-state index is 0.0669. The maximum Gasteiger partial charge on any atom is 0.307 e. The van der Waals surface area contributed by atoms with Gasteiger partial charge in [-0.05, 0) is 31.6 Å². The summed E-state index contributed by atoms with van der Waals surface area (Å²) in [5.41, 5.74) is -0.863. The summed E-state index contributed by atoms with van der Waals surface area (Å²) >= 11 is 0. The van der Waals surface area contributed by atoms with Crippen LogP contribution in [0.25, 0.3) is 0 Å². The maximum absolute atomic E-state index is 12.0. The van der Waals surface area contributed by atoms with Crippen molar-refractivity contribution in [2.75, 3.05) is 0 Å². The molecule has 0 aromatic heterocycles. The Labute approximate surface area is 121 Å². The number of esters is 1. The second-order valence-corrected chi connectivity index (χ2v) is 7.01. The van der Waals surface area contributed by atoms with E-state index in [2.05, 4.69) is 6.58 Å². The molecule has 0 aliphatic heterocycles. The van der Waals surface area contributed by atoms with Crippen LogP contribution >= 0.6 is 0 Å². The zero-order valence-electron chi connectivity index (χ0n) is 12.9. The summed E-state index contributed by atoms with van der Waals surface area (Å²) in [6, 6.07) is 0. The Morgan fingerprint density at radius 2 is 2.10 bits per heavy atom. The van der Waals surface area contributed by atoms with E-state index < -0.39 is 28.9 Å². The molecule has 3 unspecified atom stereocenters. The lowest BCUT2D eigenvalue weighted by Gasteiger charge is -2.26. The van der Waals surface area contributed by atoms with Crippen LogP contribution < -0.4 is 0 Å².